The molecule has 0 spiro atoms. The Hall–Kier alpha value is -1.30. The van der Waals surface area contributed by atoms with Crippen LogP contribution in [0.25, 0.3) is 0 Å². The van der Waals surface area contributed by atoms with E-state index in [1.54, 1.807) is 0 Å². The summed E-state index contributed by atoms with van der Waals surface area (Å²) >= 11 is 6.21. The van der Waals surface area contributed by atoms with Crippen molar-refractivity contribution in [2.75, 3.05) is 26.2 Å². The van der Waals surface area contributed by atoms with E-state index in [4.69, 9.17) is 22.5 Å². The number of nitrogens with two attached hydrogens (primary N) is 1. The van der Waals surface area contributed by atoms with Crippen LogP contribution in [0.15, 0.2) is 29.4 Å². The van der Waals surface area contributed by atoms with Gasteiger partial charge in [0.15, 0.2) is 5.84 Å². The van der Waals surface area contributed by atoms with Gasteiger partial charge in [-0.15, -0.1) is 0 Å². The Labute approximate surface area is 131 Å². The van der Waals surface area contributed by atoms with Crippen molar-refractivity contribution in [2.24, 2.45) is 10.9 Å². The van der Waals surface area contributed by atoms with Gasteiger partial charge < -0.3 is 10.9 Å². The molecule has 5 nitrogen and oxygen atoms in total. The first-order valence-electron chi connectivity index (χ1n) is 7.14. The second-order valence-electron chi connectivity index (χ2n) is 5.90. The third kappa shape index (κ3) is 3.67. The van der Waals surface area contributed by atoms with Crippen molar-refractivity contribution in [1.82, 2.24) is 9.80 Å². The molecule has 0 radical (unpaired) electrons. The molecule has 0 bridgehead atoms. The number of piperazine rings is 1. The molecule has 0 atom stereocenters. The smallest absolute Gasteiger partial charge is 0.159 e. The van der Waals surface area contributed by atoms with E-state index in [2.05, 4.69) is 21.0 Å². The number of rotatable bonds is 4. The Kier molecular flexibility index (Phi) is 5.08. The number of hydrogen-bond donors (Lipinski definition) is 2. The Morgan fingerprint density at radius 1 is 1.29 bits per heavy atom. The van der Waals surface area contributed by atoms with E-state index in [1.807, 2.05) is 32.0 Å². The lowest BCUT2D eigenvalue weighted by Gasteiger charge is -2.43. The largest absolute Gasteiger partial charge is 0.409 e. The van der Waals surface area contributed by atoms with Crippen LogP contribution < -0.4 is 5.73 Å². The summed E-state index contributed by atoms with van der Waals surface area (Å²) in [5.74, 6) is 0.252. The van der Waals surface area contributed by atoms with Gasteiger partial charge in [0.25, 0.3) is 0 Å². The van der Waals surface area contributed by atoms with Crippen molar-refractivity contribution in [3.63, 3.8) is 0 Å². The molecule has 21 heavy (non-hydrogen) atoms. The molecule has 3 N–H and O–H groups in total. The molecule has 1 aromatic rings. The third-order valence-electron chi connectivity index (χ3n) is 4.25. The van der Waals surface area contributed by atoms with Gasteiger partial charge in [-0.05, 0) is 25.5 Å². The van der Waals surface area contributed by atoms with E-state index in [9.17, 15) is 0 Å². The van der Waals surface area contributed by atoms with Crippen LogP contribution in [0.1, 0.15) is 19.4 Å². The molecule has 6 heteroatoms. The lowest BCUT2D eigenvalue weighted by Crippen LogP contribution is -2.59. The van der Waals surface area contributed by atoms with E-state index >= 15 is 0 Å². The van der Waals surface area contributed by atoms with Crippen molar-refractivity contribution >= 4 is 17.4 Å². The van der Waals surface area contributed by atoms with Crippen LogP contribution in [0.4, 0.5) is 0 Å². The molecule has 1 aliphatic heterocycles. The van der Waals surface area contributed by atoms with Gasteiger partial charge in [0.1, 0.15) is 0 Å². The van der Waals surface area contributed by atoms with Gasteiger partial charge in [0.05, 0.1) is 5.54 Å². The summed E-state index contributed by atoms with van der Waals surface area (Å²) < 4.78 is 0. The number of halogens is 1. The van der Waals surface area contributed by atoms with Gasteiger partial charge >= 0.3 is 0 Å². The van der Waals surface area contributed by atoms with Crippen LogP contribution in [-0.2, 0) is 6.54 Å². The van der Waals surface area contributed by atoms with Crippen LogP contribution >= 0.6 is 11.6 Å². The lowest BCUT2D eigenvalue weighted by atomic mass is 10.00. The van der Waals surface area contributed by atoms with Crippen molar-refractivity contribution < 1.29 is 5.21 Å². The molecule has 1 saturated heterocycles. The van der Waals surface area contributed by atoms with Crippen molar-refractivity contribution in [3.05, 3.63) is 34.9 Å². The van der Waals surface area contributed by atoms with Gasteiger partial charge in [-0.1, -0.05) is 35.0 Å². The minimum absolute atomic E-state index is 0.252. The highest BCUT2D eigenvalue weighted by Crippen LogP contribution is 2.21. The molecular formula is C15H23ClN4O. The maximum Gasteiger partial charge on any atom is 0.159 e. The Morgan fingerprint density at radius 2 is 1.90 bits per heavy atom. The quantitative estimate of drug-likeness (QED) is 0.386. The van der Waals surface area contributed by atoms with Crippen LogP contribution in [-0.4, -0.2) is 52.6 Å². The maximum absolute atomic E-state index is 8.89. The SMILES string of the molecule is CC(C)(C(N)=NO)N1CCN(Cc2ccccc2Cl)CC1. The average molecular weight is 311 g/mol. The van der Waals surface area contributed by atoms with Crippen molar-refractivity contribution in [2.45, 2.75) is 25.9 Å². The molecule has 1 aliphatic rings. The highest BCUT2D eigenvalue weighted by molar-refractivity contribution is 6.31. The average Bonchev–Trinajstić information content (AvgIpc) is 2.49. The van der Waals surface area contributed by atoms with E-state index in [1.165, 1.54) is 0 Å². The minimum atomic E-state index is -0.425. The van der Waals surface area contributed by atoms with Gasteiger partial charge in [0, 0.05) is 37.7 Å². The van der Waals surface area contributed by atoms with Gasteiger partial charge in [-0.2, -0.15) is 0 Å². The molecule has 1 heterocycles. The first-order chi connectivity index (χ1) is 9.95. The second kappa shape index (κ2) is 6.64. The maximum atomic E-state index is 8.89. The lowest BCUT2D eigenvalue weighted by molar-refractivity contribution is 0.0794. The summed E-state index contributed by atoms with van der Waals surface area (Å²) in [6.07, 6.45) is 0. The van der Waals surface area contributed by atoms with Crippen LogP contribution in [0.5, 0.6) is 0 Å². The molecule has 0 unspecified atom stereocenters. The Bertz CT molecular complexity index is 510. The molecular weight excluding hydrogens is 288 g/mol. The number of hydrogen-bond acceptors (Lipinski definition) is 4. The molecule has 0 amide bonds. The number of oxime groups is 1. The molecule has 1 fully saturated rings. The predicted molar refractivity (Wildman–Crippen MR) is 85.8 cm³/mol. The van der Waals surface area contributed by atoms with E-state index < -0.39 is 5.54 Å². The van der Waals surface area contributed by atoms with Crippen LogP contribution in [0, 0.1) is 0 Å². The Balaban J connectivity index is 1.93. The van der Waals surface area contributed by atoms with Crippen LogP contribution in [0.2, 0.25) is 5.02 Å². The monoisotopic (exact) mass is 310 g/mol. The number of nitrogens with zero attached hydrogens (tertiary/aromatic N) is 3. The highest BCUT2D eigenvalue weighted by Gasteiger charge is 2.33. The zero-order valence-electron chi connectivity index (χ0n) is 12.6. The third-order valence-corrected chi connectivity index (χ3v) is 4.62. The summed E-state index contributed by atoms with van der Waals surface area (Å²) in [5, 5.41) is 12.9. The summed E-state index contributed by atoms with van der Waals surface area (Å²) in [4.78, 5) is 4.62. The highest BCUT2D eigenvalue weighted by atomic mass is 35.5. The zero-order valence-corrected chi connectivity index (χ0v) is 13.3. The second-order valence-corrected chi connectivity index (χ2v) is 6.31. The first kappa shape index (κ1) is 16.1. The summed E-state index contributed by atoms with van der Waals surface area (Å²) in [6, 6.07) is 7.95. The fourth-order valence-electron chi connectivity index (χ4n) is 2.62. The van der Waals surface area contributed by atoms with Gasteiger partial charge in [-0.25, -0.2) is 0 Å². The van der Waals surface area contributed by atoms with E-state index in [0.29, 0.717) is 0 Å². The fourth-order valence-corrected chi connectivity index (χ4v) is 2.81. The molecule has 0 saturated carbocycles. The van der Waals surface area contributed by atoms with Crippen molar-refractivity contribution in [1.29, 1.82) is 0 Å². The predicted octanol–water partition coefficient (Wildman–Crippen LogP) is 1.98. The topological polar surface area (TPSA) is 65.1 Å². The molecule has 0 aliphatic carbocycles. The summed E-state index contributed by atoms with van der Waals surface area (Å²) in [6.45, 7) is 8.46. The summed E-state index contributed by atoms with van der Waals surface area (Å²) in [5.41, 5.74) is 6.52. The van der Waals surface area contributed by atoms with E-state index in [-0.39, 0.29) is 5.84 Å². The van der Waals surface area contributed by atoms with Gasteiger partial charge in [0.2, 0.25) is 0 Å². The molecule has 116 valence electrons. The number of amidine groups is 1. The summed E-state index contributed by atoms with van der Waals surface area (Å²) in [7, 11) is 0. The molecule has 1 aromatic carbocycles. The standard InChI is InChI=1S/C15H23ClN4O/c1-15(2,14(17)18-21)20-9-7-19(8-10-20)11-12-5-3-4-6-13(12)16/h3-6,21H,7-11H2,1-2H3,(H2,17,18). The fraction of sp³-hybridized carbons (Fsp3) is 0.533. The molecule has 0 aromatic heterocycles. The van der Waals surface area contributed by atoms with Gasteiger partial charge in [-0.3, -0.25) is 9.80 Å². The Morgan fingerprint density at radius 3 is 2.48 bits per heavy atom. The zero-order chi connectivity index (χ0) is 15.5. The van der Waals surface area contributed by atoms with Crippen molar-refractivity contribution in [3.8, 4) is 0 Å². The molecule has 2 rings (SSSR count). The van der Waals surface area contributed by atoms with E-state index in [0.717, 1.165) is 43.3 Å². The minimum Gasteiger partial charge on any atom is -0.409 e. The van der Waals surface area contributed by atoms with Crippen LogP contribution in [0.3, 0.4) is 0 Å². The first-order valence-corrected chi connectivity index (χ1v) is 7.51. The normalized spacial score (nSPS) is 18.9. The number of benzene rings is 1.